The number of rotatable bonds is 5. The van der Waals surface area contributed by atoms with Gasteiger partial charge in [0.15, 0.2) is 0 Å². The molecule has 4 heteroatoms. The molecule has 2 aromatic rings. The maximum Gasteiger partial charge on any atom is 0.202 e. The van der Waals surface area contributed by atoms with Crippen LogP contribution in [0.3, 0.4) is 0 Å². The Balaban J connectivity index is 1.65. The standard InChI is InChI=1S/C23H30O3Si/c1-4-27(5-2,6-3)19-13-11-18(12-14-19)22-17-23(24-15-16-25-23)20-9-7-8-10-21(20)26-22/h7-14,22H,4-6,15-17H2,1-3H3. The molecule has 0 radical (unpaired) electrons. The first kappa shape index (κ1) is 18.7. The van der Waals surface area contributed by atoms with Crippen LogP contribution in [-0.2, 0) is 15.3 Å². The molecule has 1 fully saturated rings. The fourth-order valence-electron chi connectivity index (χ4n) is 4.76. The molecule has 0 aliphatic carbocycles. The highest BCUT2D eigenvalue weighted by molar-refractivity contribution is 6.91. The Morgan fingerprint density at radius 1 is 0.889 bits per heavy atom. The third-order valence-electron chi connectivity index (χ3n) is 6.70. The molecule has 0 N–H and O–H groups in total. The van der Waals surface area contributed by atoms with E-state index in [1.165, 1.54) is 23.7 Å². The summed E-state index contributed by atoms with van der Waals surface area (Å²) in [5.74, 6) is 0.214. The van der Waals surface area contributed by atoms with Crippen LogP contribution in [0.1, 0.15) is 44.4 Å². The summed E-state index contributed by atoms with van der Waals surface area (Å²) < 4.78 is 18.5. The van der Waals surface area contributed by atoms with E-state index in [0.717, 1.165) is 11.3 Å². The molecule has 1 saturated heterocycles. The van der Waals surface area contributed by atoms with Crippen molar-refractivity contribution < 1.29 is 14.2 Å². The van der Waals surface area contributed by atoms with E-state index in [1.54, 1.807) is 5.19 Å². The monoisotopic (exact) mass is 382 g/mol. The summed E-state index contributed by atoms with van der Waals surface area (Å²) >= 11 is 0. The molecule has 2 aromatic carbocycles. The van der Waals surface area contributed by atoms with Crippen molar-refractivity contribution in [2.75, 3.05) is 13.2 Å². The molecule has 1 atom stereocenters. The molecular formula is C23H30O3Si. The molecule has 0 amide bonds. The van der Waals surface area contributed by atoms with Gasteiger partial charge in [-0.3, -0.25) is 0 Å². The van der Waals surface area contributed by atoms with Crippen LogP contribution in [0, 0.1) is 0 Å². The second-order valence-corrected chi connectivity index (χ2v) is 13.0. The van der Waals surface area contributed by atoms with E-state index < -0.39 is 13.9 Å². The largest absolute Gasteiger partial charge is 0.485 e. The highest BCUT2D eigenvalue weighted by Gasteiger charge is 2.47. The Hall–Kier alpha value is -1.62. The van der Waals surface area contributed by atoms with Gasteiger partial charge in [-0.25, -0.2) is 0 Å². The van der Waals surface area contributed by atoms with Gasteiger partial charge in [-0.15, -0.1) is 0 Å². The molecular weight excluding hydrogens is 352 g/mol. The Labute approximate surface area is 163 Å². The summed E-state index contributed by atoms with van der Waals surface area (Å²) in [7, 11) is -1.35. The van der Waals surface area contributed by atoms with Crippen molar-refractivity contribution in [2.45, 2.75) is 57.2 Å². The molecule has 0 saturated carbocycles. The van der Waals surface area contributed by atoms with Crippen LogP contribution in [0.4, 0.5) is 0 Å². The zero-order chi connectivity index (χ0) is 18.9. The van der Waals surface area contributed by atoms with E-state index in [9.17, 15) is 0 Å². The summed E-state index contributed by atoms with van der Waals surface area (Å²) in [4.78, 5) is 0. The zero-order valence-corrected chi connectivity index (χ0v) is 17.7. The Morgan fingerprint density at radius 3 is 2.15 bits per heavy atom. The number of para-hydroxylation sites is 1. The van der Waals surface area contributed by atoms with Crippen LogP contribution >= 0.6 is 0 Å². The molecule has 2 aliphatic rings. The van der Waals surface area contributed by atoms with Crippen molar-refractivity contribution in [3.63, 3.8) is 0 Å². The van der Waals surface area contributed by atoms with Gasteiger partial charge in [0.2, 0.25) is 5.79 Å². The quantitative estimate of drug-likeness (QED) is 0.671. The van der Waals surface area contributed by atoms with Gasteiger partial charge in [-0.1, -0.05) is 80.5 Å². The lowest BCUT2D eigenvalue weighted by molar-refractivity contribution is -0.195. The van der Waals surface area contributed by atoms with Gasteiger partial charge in [0, 0.05) is 6.42 Å². The summed E-state index contributed by atoms with van der Waals surface area (Å²) in [6.45, 7) is 8.34. The van der Waals surface area contributed by atoms with Crippen LogP contribution in [0.2, 0.25) is 18.1 Å². The molecule has 27 heavy (non-hydrogen) atoms. The average molecular weight is 383 g/mol. The van der Waals surface area contributed by atoms with Crippen LogP contribution in [0.5, 0.6) is 5.75 Å². The minimum Gasteiger partial charge on any atom is -0.485 e. The lowest BCUT2D eigenvalue weighted by atomic mass is 9.92. The van der Waals surface area contributed by atoms with Crippen molar-refractivity contribution in [1.82, 2.24) is 0 Å². The van der Waals surface area contributed by atoms with E-state index >= 15 is 0 Å². The van der Waals surface area contributed by atoms with Crippen LogP contribution < -0.4 is 9.92 Å². The number of hydrogen-bond acceptors (Lipinski definition) is 3. The molecule has 3 nitrogen and oxygen atoms in total. The minimum atomic E-state index is -1.35. The zero-order valence-electron chi connectivity index (χ0n) is 16.7. The van der Waals surface area contributed by atoms with E-state index in [-0.39, 0.29) is 6.10 Å². The molecule has 4 rings (SSSR count). The van der Waals surface area contributed by atoms with Gasteiger partial charge in [0.25, 0.3) is 0 Å². The van der Waals surface area contributed by atoms with E-state index in [4.69, 9.17) is 14.2 Å². The normalized spacial score (nSPS) is 21.1. The Bertz CT molecular complexity index is 768. The Kier molecular flexibility index (Phi) is 5.15. The molecule has 0 bridgehead atoms. The average Bonchev–Trinajstić information content (AvgIpc) is 3.19. The third kappa shape index (κ3) is 3.14. The van der Waals surface area contributed by atoms with Crippen molar-refractivity contribution >= 4 is 13.3 Å². The second kappa shape index (κ2) is 7.42. The highest BCUT2D eigenvalue weighted by atomic mass is 28.3. The fraction of sp³-hybridized carbons (Fsp3) is 0.478. The van der Waals surface area contributed by atoms with Crippen LogP contribution in [0.25, 0.3) is 0 Å². The number of benzene rings is 2. The first-order chi connectivity index (χ1) is 13.2. The molecule has 1 spiro atoms. The van der Waals surface area contributed by atoms with Crippen molar-refractivity contribution in [3.8, 4) is 5.75 Å². The molecule has 144 valence electrons. The lowest BCUT2D eigenvalue weighted by Crippen LogP contribution is -2.45. The second-order valence-electron chi connectivity index (χ2n) is 7.72. The molecule has 2 aliphatic heterocycles. The predicted octanol–water partition coefficient (Wildman–Crippen LogP) is 5.13. The maximum absolute atomic E-state index is 6.36. The smallest absolute Gasteiger partial charge is 0.202 e. The summed E-state index contributed by atoms with van der Waals surface area (Å²) in [5.41, 5.74) is 2.22. The molecule has 0 aromatic heterocycles. The van der Waals surface area contributed by atoms with Crippen molar-refractivity contribution in [1.29, 1.82) is 0 Å². The minimum absolute atomic E-state index is 0.0482. The highest BCUT2D eigenvalue weighted by Crippen LogP contribution is 2.48. The van der Waals surface area contributed by atoms with Gasteiger partial charge in [0.1, 0.15) is 11.9 Å². The van der Waals surface area contributed by atoms with Gasteiger partial charge in [-0.2, -0.15) is 0 Å². The van der Waals surface area contributed by atoms with E-state index in [2.05, 4.69) is 51.1 Å². The fourth-order valence-corrected chi connectivity index (χ4v) is 8.36. The Morgan fingerprint density at radius 2 is 1.52 bits per heavy atom. The predicted molar refractivity (Wildman–Crippen MR) is 111 cm³/mol. The van der Waals surface area contributed by atoms with Crippen molar-refractivity contribution in [3.05, 3.63) is 59.7 Å². The van der Waals surface area contributed by atoms with Gasteiger partial charge in [-0.05, 0) is 17.7 Å². The third-order valence-corrected chi connectivity index (χ3v) is 12.3. The van der Waals surface area contributed by atoms with Crippen molar-refractivity contribution in [2.24, 2.45) is 0 Å². The molecule has 2 heterocycles. The van der Waals surface area contributed by atoms with Gasteiger partial charge >= 0.3 is 0 Å². The summed E-state index contributed by atoms with van der Waals surface area (Å²) in [6.07, 6.45) is 0.648. The van der Waals surface area contributed by atoms with Crippen LogP contribution in [0.15, 0.2) is 48.5 Å². The number of ether oxygens (including phenoxy) is 3. The summed E-state index contributed by atoms with van der Waals surface area (Å²) in [6, 6.07) is 21.3. The first-order valence-electron chi connectivity index (χ1n) is 10.3. The van der Waals surface area contributed by atoms with Crippen LogP contribution in [-0.4, -0.2) is 21.3 Å². The molecule has 1 unspecified atom stereocenters. The number of hydrogen-bond donors (Lipinski definition) is 0. The van der Waals surface area contributed by atoms with Gasteiger partial charge in [0.05, 0.1) is 26.9 Å². The van der Waals surface area contributed by atoms with Gasteiger partial charge < -0.3 is 14.2 Å². The SMILES string of the molecule is CC[Si](CC)(CC)c1ccc(C2CC3(OCCO3)c3ccccc3O2)cc1. The topological polar surface area (TPSA) is 27.7 Å². The van der Waals surface area contributed by atoms with E-state index in [0.29, 0.717) is 19.6 Å². The number of fused-ring (bicyclic) bond motifs is 2. The summed E-state index contributed by atoms with van der Waals surface area (Å²) in [5, 5.41) is 1.57. The lowest BCUT2D eigenvalue weighted by Gasteiger charge is -2.38. The van der Waals surface area contributed by atoms with E-state index in [1.807, 2.05) is 18.2 Å². The maximum atomic E-state index is 6.36. The first-order valence-corrected chi connectivity index (χ1v) is 12.9.